The molecule has 140 valence electrons. The Morgan fingerprint density at radius 3 is 2.58 bits per heavy atom. The van der Waals surface area contributed by atoms with Crippen molar-refractivity contribution in [3.63, 3.8) is 0 Å². The Morgan fingerprint density at radius 2 is 2.00 bits per heavy atom. The summed E-state index contributed by atoms with van der Waals surface area (Å²) in [6.07, 6.45) is 1.48. The lowest BCUT2D eigenvalue weighted by atomic mass is 10.1. The number of imide groups is 1. The number of carbonyl (C=O) groups is 3. The fourth-order valence-corrected chi connectivity index (χ4v) is 3.43. The number of amides is 2. The Labute approximate surface area is 160 Å². The summed E-state index contributed by atoms with van der Waals surface area (Å²) in [6.45, 7) is 3.70. The smallest absolute Gasteiger partial charge is 0.328 e. The van der Waals surface area contributed by atoms with Crippen LogP contribution in [0.25, 0.3) is 6.08 Å². The zero-order valence-corrected chi connectivity index (χ0v) is 16.3. The molecule has 1 atom stereocenters. The molecule has 1 heterocycles. The topological polar surface area (TPSA) is 82.1 Å². The van der Waals surface area contributed by atoms with Gasteiger partial charge in [-0.2, -0.15) is 0 Å². The van der Waals surface area contributed by atoms with Gasteiger partial charge in [0.2, 0.25) is 0 Å². The van der Waals surface area contributed by atoms with E-state index in [1.165, 1.54) is 27.2 Å². The summed E-state index contributed by atoms with van der Waals surface area (Å²) in [4.78, 5) is 37.3. The Bertz CT molecular complexity index is 779. The van der Waals surface area contributed by atoms with Gasteiger partial charge in [0.05, 0.1) is 30.8 Å². The number of ether oxygens (including phenoxy) is 3. The van der Waals surface area contributed by atoms with Crippen LogP contribution in [0.1, 0.15) is 19.4 Å². The van der Waals surface area contributed by atoms with Crippen LogP contribution in [-0.2, 0) is 14.3 Å². The van der Waals surface area contributed by atoms with Crippen LogP contribution in [-0.4, -0.2) is 48.9 Å². The van der Waals surface area contributed by atoms with E-state index >= 15 is 0 Å². The first-order valence-corrected chi connectivity index (χ1v) is 8.88. The van der Waals surface area contributed by atoms with Gasteiger partial charge in [0, 0.05) is 6.07 Å². The Balaban J connectivity index is 2.37. The summed E-state index contributed by atoms with van der Waals surface area (Å²) < 4.78 is 15.3. The largest absolute Gasteiger partial charge is 0.493 e. The minimum atomic E-state index is -1.01. The molecular formula is C17H18ClNO6S. The molecule has 1 aliphatic heterocycles. The molecule has 2 amide bonds. The number of benzene rings is 1. The maximum Gasteiger partial charge on any atom is 0.328 e. The van der Waals surface area contributed by atoms with E-state index in [1.54, 1.807) is 12.1 Å². The van der Waals surface area contributed by atoms with Gasteiger partial charge in [0.1, 0.15) is 6.04 Å². The monoisotopic (exact) mass is 399 g/mol. The van der Waals surface area contributed by atoms with Gasteiger partial charge in [-0.1, -0.05) is 11.6 Å². The van der Waals surface area contributed by atoms with E-state index in [9.17, 15) is 14.4 Å². The molecule has 9 heteroatoms. The fraction of sp³-hybridized carbons (Fsp3) is 0.353. The molecule has 0 aromatic heterocycles. The van der Waals surface area contributed by atoms with Crippen LogP contribution >= 0.6 is 23.4 Å². The Hall–Kier alpha value is -2.19. The quantitative estimate of drug-likeness (QED) is 0.535. The zero-order valence-electron chi connectivity index (χ0n) is 14.7. The van der Waals surface area contributed by atoms with Gasteiger partial charge in [-0.05, 0) is 43.3 Å². The van der Waals surface area contributed by atoms with E-state index < -0.39 is 23.2 Å². The maximum absolute atomic E-state index is 12.5. The van der Waals surface area contributed by atoms with Gasteiger partial charge in [-0.25, -0.2) is 4.79 Å². The van der Waals surface area contributed by atoms with E-state index in [-0.39, 0.29) is 4.91 Å². The van der Waals surface area contributed by atoms with E-state index in [1.807, 2.05) is 6.92 Å². The van der Waals surface area contributed by atoms with Crippen molar-refractivity contribution in [2.45, 2.75) is 19.9 Å². The molecule has 1 fully saturated rings. The van der Waals surface area contributed by atoms with Crippen molar-refractivity contribution in [2.75, 3.05) is 20.8 Å². The first-order valence-electron chi connectivity index (χ1n) is 7.69. The van der Waals surface area contributed by atoms with Crippen LogP contribution in [0, 0.1) is 0 Å². The van der Waals surface area contributed by atoms with Crippen LogP contribution in [0.4, 0.5) is 4.79 Å². The number of rotatable bonds is 6. The van der Waals surface area contributed by atoms with Gasteiger partial charge in [0.15, 0.2) is 11.5 Å². The van der Waals surface area contributed by atoms with Gasteiger partial charge < -0.3 is 14.2 Å². The molecule has 1 aromatic rings. The van der Waals surface area contributed by atoms with Crippen molar-refractivity contribution in [1.82, 2.24) is 4.90 Å². The lowest BCUT2D eigenvalue weighted by Gasteiger charge is -2.18. The normalized spacial score (nSPS) is 16.8. The first-order chi connectivity index (χ1) is 12.3. The highest BCUT2D eigenvalue weighted by molar-refractivity contribution is 8.18. The Kier molecular flexibility index (Phi) is 6.55. The van der Waals surface area contributed by atoms with Crippen LogP contribution in [0.15, 0.2) is 17.0 Å². The average Bonchev–Trinajstić information content (AvgIpc) is 2.89. The van der Waals surface area contributed by atoms with Crippen molar-refractivity contribution < 1.29 is 28.6 Å². The zero-order chi connectivity index (χ0) is 19.4. The molecule has 0 N–H and O–H groups in total. The molecular weight excluding hydrogens is 382 g/mol. The number of esters is 1. The second-order valence-electron chi connectivity index (χ2n) is 5.21. The van der Waals surface area contributed by atoms with E-state index in [2.05, 4.69) is 4.74 Å². The molecule has 1 aliphatic rings. The molecule has 26 heavy (non-hydrogen) atoms. The second-order valence-corrected chi connectivity index (χ2v) is 6.61. The number of nitrogens with zero attached hydrogens (tertiary/aromatic N) is 1. The molecule has 0 aliphatic carbocycles. The van der Waals surface area contributed by atoms with Crippen LogP contribution in [0.3, 0.4) is 0 Å². The second kappa shape index (κ2) is 8.46. The van der Waals surface area contributed by atoms with Gasteiger partial charge in [-0.3, -0.25) is 14.5 Å². The highest BCUT2D eigenvalue weighted by Gasteiger charge is 2.41. The highest BCUT2D eigenvalue weighted by Crippen LogP contribution is 2.38. The number of hydrogen-bond acceptors (Lipinski definition) is 7. The summed E-state index contributed by atoms with van der Waals surface area (Å²) in [7, 11) is 2.68. The van der Waals surface area contributed by atoms with Crippen molar-refractivity contribution in [3.05, 3.63) is 27.6 Å². The predicted molar refractivity (Wildman–Crippen MR) is 98.5 cm³/mol. The lowest BCUT2D eigenvalue weighted by molar-refractivity contribution is -0.148. The van der Waals surface area contributed by atoms with E-state index in [4.69, 9.17) is 21.1 Å². The summed E-state index contributed by atoms with van der Waals surface area (Å²) in [5, 5.41) is -0.213. The summed E-state index contributed by atoms with van der Waals surface area (Å²) in [5.74, 6) is -0.328. The molecule has 2 rings (SSSR count). The van der Waals surface area contributed by atoms with E-state index in [0.29, 0.717) is 28.7 Å². The summed E-state index contributed by atoms with van der Waals surface area (Å²) in [6, 6.07) is 2.19. The van der Waals surface area contributed by atoms with Crippen molar-refractivity contribution in [3.8, 4) is 11.5 Å². The van der Waals surface area contributed by atoms with Crippen molar-refractivity contribution >= 4 is 46.6 Å². The summed E-state index contributed by atoms with van der Waals surface area (Å²) >= 11 is 6.98. The van der Waals surface area contributed by atoms with Crippen LogP contribution < -0.4 is 9.47 Å². The predicted octanol–water partition coefficient (Wildman–Crippen LogP) is 3.35. The van der Waals surface area contributed by atoms with Gasteiger partial charge in [-0.15, -0.1) is 0 Å². The van der Waals surface area contributed by atoms with Crippen molar-refractivity contribution in [2.24, 2.45) is 0 Å². The molecule has 0 spiro atoms. The van der Waals surface area contributed by atoms with E-state index in [0.717, 1.165) is 16.7 Å². The number of hydrogen-bond donors (Lipinski definition) is 0. The van der Waals surface area contributed by atoms with Gasteiger partial charge >= 0.3 is 5.97 Å². The SMILES string of the molecule is CCOc1cc(Cl)c(/C=C2/SC(=O)N([C@@H](C)C(=O)OC)C2=O)cc1OC. The number of halogens is 1. The van der Waals surface area contributed by atoms with Gasteiger partial charge in [0.25, 0.3) is 11.1 Å². The maximum atomic E-state index is 12.5. The highest BCUT2D eigenvalue weighted by atomic mass is 35.5. The molecule has 7 nitrogen and oxygen atoms in total. The standard InChI is InChI=1S/C17H18ClNO6S/c1-5-25-13-8-11(18)10(6-12(13)23-3)7-14-15(20)19(17(22)26-14)9(2)16(21)24-4/h6-9H,5H2,1-4H3/b14-7+/t9-/m0/s1. The minimum absolute atomic E-state index is 0.152. The number of methoxy groups -OCH3 is 2. The molecule has 0 unspecified atom stereocenters. The number of carbonyl (C=O) groups excluding carboxylic acids is 3. The third-order valence-electron chi connectivity index (χ3n) is 3.62. The third-order valence-corrected chi connectivity index (χ3v) is 4.83. The molecule has 0 radical (unpaired) electrons. The Morgan fingerprint density at radius 1 is 1.31 bits per heavy atom. The molecule has 0 bridgehead atoms. The third kappa shape index (κ3) is 3.96. The molecule has 0 saturated carbocycles. The lowest BCUT2D eigenvalue weighted by Crippen LogP contribution is -2.42. The van der Waals surface area contributed by atoms with Crippen molar-refractivity contribution in [1.29, 1.82) is 0 Å². The first kappa shape index (κ1) is 20.1. The number of thioether (sulfide) groups is 1. The fourth-order valence-electron chi connectivity index (χ4n) is 2.32. The molecule has 1 aromatic carbocycles. The summed E-state index contributed by atoms with van der Waals surface area (Å²) in [5.41, 5.74) is 0.489. The van der Waals surface area contributed by atoms with Crippen LogP contribution in [0.2, 0.25) is 5.02 Å². The minimum Gasteiger partial charge on any atom is -0.493 e. The molecule has 1 saturated heterocycles. The van der Waals surface area contributed by atoms with Crippen LogP contribution in [0.5, 0.6) is 11.5 Å². The average molecular weight is 400 g/mol.